The van der Waals surface area contributed by atoms with Crippen LogP contribution in [0.5, 0.6) is 23.0 Å². The molecule has 7 nitrogen and oxygen atoms in total. The number of aromatic hydroxyl groups is 1. The van der Waals surface area contributed by atoms with Crippen LogP contribution in [-0.4, -0.2) is 38.6 Å². The summed E-state index contributed by atoms with van der Waals surface area (Å²) in [6.45, 7) is 0. The molecule has 0 atom stereocenters. The number of phenolic OH excluding ortho intramolecular Hbond substituents is 1. The zero-order valence-corrected chi connectivity index (χ0v) is 13.6. The molecule has 0 radical (unpaired) electrons. The van der Waals surface area contributed by atoms with Gasteiger partial charge in [0.15, 0.2) is 0 Å². The molecule has 126 valence electrons. The molecule has 0 spiro atoms. The van der Waals surface area contributed by atoms with Gasteiger partial charge in [0.25, 0.3) is 5.91 Å². The van der Waals surface area contributed by atoms with E-state index in [1.807, 2.05) is 0 Å². The number of rotatable bonds is 6. The number of carbonyl (C=O) groups excluding carboxylic acids is 1. The van der Waals surface area contributed by atoms with E-state index < -0.39 is 5.91 Å². The minimum atomic E-state index is -0.532. The summed E-state index contributed by atoms with van der Waals surface area (Å²) in [5, 5.41) is 13.5. The molecule has 0 unspecified atom stereocenters. The van der Waals surface area contributed by atoms with Crippen LogP contribution in [0.15, 0.2) is 41.5 Å². The maximum atomic E-state index is 12.0. The van der Waals surface area contributed by atoms with Gasteiger partial charge in [0.05, 0.1) is 38.7 Å². The van der Waals surface area contributed by atoms with Crippen LogP contribution in [-0.2, 0) is 0 Å². The van der Waals surface area contributed by atoms with Gasteiger partial charge in [0.2, 0.25) is 0 Å². The Bertz CT molecular complexity index is 733. The zero-order chi connectivity index (χ0) is 17.5. The van der Waals surface area contributed by atoms with Crippen LogP contribution in [0.2, 0.25) is 0 Å². The molecule has 0 saturated heterocycles. The fourth-order valence-corrected chi connectivity index (χ4v) is 2.04. The second-order valence-electron chi connectivity index (χ2n) is 4.66. The van der Waals surface area contributed by atoms with Crippen molar-refractivity contribution in [1.82, 2.24) is 5.43 Å². The topological polar surface area (TPSA) is 89.4 Å². The number of phenols is 1. The Morgan fingerprint density at radius 3 is 2.25 bits per heavy atom. The first-order chi connectivity index (χ1) is 11.6. The van der Waals surface area contributed by atoms with Gasteiger partial charge in [-0.05, 0) is 12.1 Å². The Labute approximate surface area is 139 Å². The van der Waals surface area contributed by atoms with Crippen LogP contribution in [0.4, 0.5) is 0 Å². The monoisotopic (exact) mass is 330 g/mol. The lowest BCUT2D eigenvalue weighted by molar-refractivity contribution is 0.0952. The van der Waals surface area contributed by atoms with Gasteiger partial charge >= 0.3 is 0 Å². The minimum absolute atomic E-state index is 0.121. The van der Waals surface area contributed by atoms with Gasteiger partial charge in [0.1, 0.15) is 23.0 Å². The van der Waals surface area contributed by atoms with E-state index in [-0.39, 0.29) is 11.3 Å². The Morgan fingerprint density at radius 1 is 1.08 bits per heavy atom. The lowest BCUT2D eigenvalue weighted by atomic mass is 10.2. The number of hydrogen-bond acceptors (Lipinski definition) is 6. The van der Waals surface area contributed by atoms with Crippen molar-refractivity contribution in [2.75, 3.05) is 21.3 Å². The second kappa shape index (κ2) is 7.87. The Balaban J connectivity index is 2.23. The molecule has 0 saturated carbocycles. The predicted octanol–water partition coefficient (Wildman–Crippen LogP) is 2.18. The maximum Gasteiger partial charge on any atom is 0.275 e. The fourth-order valence-electron chi connectivity index (χ4n) is 2.04. The first kappa shape index (κ1) is 17.1. The molecular weight excluding hydrogens is 312 g/mol. The summed E-state index contributed by atoms with van der Waals surface area (Å²) in [7, 11) is 4.55. The number of amides is 1. The van der Waals surface area contributed by atoms with Gasteiger partial charge in [-0.1, -0.05) is 12.1 Å². The molecule has 2 N–H and O–H groups in total. The largest absolute Gasteiger partial charge is 0.507 e. The average Bonchev–Trinajstić information content (AvgIpc) is 2.61. The highest BCUT2D eigenvalue weighted by Crippen LogP contribution is 2.32. The lowest BCUT2D eigenvalue weighted by Crippen LogP contribution is -2.17. The summed E-state index contributed by atoms with van der Waals surface area (Å²) in [6.07, 6.45) is 1.40. The van der Waals surface area contributed by atoms with Gasteiger partial charge in [-0.15, -0.1) is 0 Å². The molecule has 2 aromatic rings. The third-order valence-corrected chi connectivity index (χ3v) is 3.26. The van der Waals surface area contributed by atoms with Crippen molar-refractivity contribution in [3.8, 4) is 23.0 Å². The van der Waals surface area contributed by atoms with Gasteiger partial charge in [-0.2, -0.15) is 5.10 Å². The number of hydrogen-bond donors (Lipinski definition) is 2. The smallest absolute Gasteiger partial charge is 0.275 e. The van der Waals surface area contributed by atoms with E-state index in [0.717, 1.165) is 0 Å². The van der Waals surface area contributed by atoms with Crippen molar-refractivity contribution < 1.29 is 24.1 Å². The third-order valence-electron chi connectivity index (χ3n) is 3.26. The Kier molecular flexibility index (Phi) is 5.62. The van der Waals surface area contributed by atoms with E-state index in [0.29, 0.717) is 22.8 Å². The van der Waals surface area contributed by atoms with Crippen molar-refractivity contribution in [3.63, 3.8) is 0 Å². The molecule has 0 aliphatic rings. The molecule has 0 bridgehead atoms. The van der Waals surface area contributed by atoms with Crippen molar-refractivity contribution in [2.24, 2.45) is 5.10 Å². The van der Waals surface area contributed by atoms with E-state index in [1.54, 1.807) is 24.3 Å². The van der Waals surface area contributed by atoms with Gasteiger partial charge in [-0.25, -0.2) is 5.43 Å². The molecule has 0 heterocycles. The normalized spacial score (nSPS) is 10.5. The number of ether oxygens (including phenoxy) is 3. The molecule has 0 aliphatic heterocycles. The molecule has 2 rings (SSSR count). The van der Waals surface area contributed by atoms with Gasteiger partial charge in [-0.3, -0.25) is 4.79 Å². The number of benzene rings is 2. The van der Waals surface area contributed by atoms with Crippen LogP contribution in [0, 0.1) is 0 Å². The first-order valence-electron chi connectivity index (χ1n) is 7.02. The summed E-state index contributed by atoms with van der Waals surface area (Å²) in [6, 6.07) is 9.54. The van der Waals surface area contributed by atoms with Crippen LogP contribution in [0.25, 0.3) is 0 Å². The molecule has 24 heavy (non-hydrogen) atoms. The van der Waals surface area contributed by atoms with Crippen molar-refractivity contribution in [3.05, 3.63) is 47.5 Å². The van der Waals surface area contributed by atoms with E-state index >= 15 is 0 Å². The van der Waals surface area contributed by atoms with Crippen molar-refractivity contribution in [1.29, 1.82) is 0 Å². The highest BCUT2D eigenvalue weighted by atomic mass is 16.5. The lowest BCUT2D eigenvalue weighted by Gasteiger charge is -2.12. The van der Waals surface area contributed by atoms with E-state index in [1.165, 1.54) is 39.7 Å². The first-order valence-corrected chi connectivity index (χ1v) is 7.02. The Hall–Kier alpha value is -3.22. The van der Waals surface area contributed by atoms with Crippen molar-refractivity contribution in [2.45, 2.75) is 0 Å². The van der Waals surface area contributed by atoms with E-state index in [4.69, 9.17) is 14.2 Å². The SMILES string of the molecule is COc1cc(OC)c(/C=N/NC(=O)c2ccccc2O)c(OC)c1. The average molecular weight is 330 g/mol. The summed E-state index contributed by atoms with van der Waals surface area (Å²) < 4.78 is 15.7. The van der Waals surface area contributed by atoms with Gasteiger partial charge in [0, 0.05) is 12.1 Å². The Morgan fingerprint density at radius 2 is 1.71 bits per heavy atom. The van der Waals surface area contributed by atoms with Crippen molar-refractivity contribution >= 4 is 12.1 Å². The number of para-hydroxylation sites is 1. The molecule has 0 aliphatic carbocycles. The molecule has 7 heteroatoms. The molecular formula is C17H18N2O5. The molecule has 0 fully saturated rings. The number of methoxy groups -OCH3 is 3. The zero-order valence-electron chi connectivity index (χ0n) is 13.6. The minimum Gasteiger partial charge on any atom is -0.507 e. The quantitative estimate of drug-likeness (QED) is 0.626. The highest BCUT2D eigenvalue weighted by Gasteiger charge is 2.12. The fraction of sp³-hybridized carbons (Fsp3) is 0.176. The third kappa shape index (κ3) is 3.75. The second-order valence-corrected chi connectivity index (χ2v) is 4.66. The number of nitrogens with zero attached hydrogens (tertiary/aromatic N) is 1. The van der Waals surface area contributed by atoms with Crippen LogP contribution in [0.3, 0.4) is 0 Å². The maximum absolute atomic E-state index is 12.0. The highest BCUT2D eigenvalue weighted by molar-refractivity contribution is 5.97. The summed E-state index contributed by atoms with van der Waals surface area (Å²) in [4.78, 5) is 12.0. The molecule has 1 amide bonds. The van der Waals surface area contributed by atoms with E-state index in [9.17, 15) is 9.90 Å². The predicted molar refractivity (Wildman–Crippen MR) is 89.3 cm³/mol. The van der Waals surface area contributed by atoms with E-state index in [2.05, 4.69) is 10.5 Å². The van der Waals surface area contributed by atoms with Crippen LogP contribution < -0.4 is 19.6 Å². The molecule has 2 aromatic carbocycles. The molecule has 0 aromatic heterocycles. The summed E-state index contributed by atoms with van der Waals surface area (Å²) in [5.41, 5.74) is 3.02. The van der Waals surface area contributed by atoms with Gasteiger partial charge < -0.3 is 19.3 Å². The summed E-state index contributed by atoms with van der Waals surface area (Å²) in [5.74, 6) is 0.873. The number of hydrazone groups is 1. The number of carbonyl (C=O) groups is 1. The standard InChI is InChI=1S/C17H18N2O5/c1-22-11-8-15(23-2)13(16(9-11)24-3)10-18-19-17(21)12-6-4-5-7-14(12)20/h4-10,20H,1-3H3,(H,19,21)/b18-10+. The van der Waals surface area contributed by atoms with Crippen LogP contribution >= 0.6 is 0 Å². The van der Waals surface area contributed by atoms with Crippen LogP contribution in [0.1, 0.15) is 15.9 Å². The number of nitrogens with one attached hydrogen (secondary N) is 1. The summed E-state index contributed by atoms with van der Waals surface area (Å²) >= 11 is 0.